The van der Waals surface area contributed by atoms with Gasteiger partial charge in [-0.25, -0.2) is 0 Å². The van der Waals surface area contributed by atoms with Gasteiger partial charge in [-0.1, -0.05) is 13.3 Å². The van der Waals surface area contributed by atoms with E-state index in [0.717, 1.165) is 19.4 Å². The molecule has 0 aliphatic heterocycles. The summed E-state index contributed by atoms with van der Waals surface area (Å²) in [4.78, 5) is 10.7. The normalized spacial score (nSPS) is 8.83. The molecule has 0 unspecified atom stereocenters. The van der Waals surface area contributed by atoms with Crippen LogP contribution in [0.4, 0.5) is 0 Å². The van der Waals surface area contributed by atoms with Crippen LogP contribution in [0.3, 0.4) is 0 Å². The Morgan fingerprint density at radius 1 is 1.42 bits per heavy atom. The molecule has 0 heterocycles. The highest BCUT2D eigenvalue weighted by Crippen LogP contribution is 1.82. The molecule has 0 saturated carbocycles. The van der Waals surface area contributed by atoms with Gasteiger partial charge in [-0.3, -0.25) is 4.79 Å². The van der Waals surface area contributed by atoms with Gasteiger partial charge in [0.25, 0.3) is 0 Å². The summed E-state index contributed by atoms with van der Waals surface area (Å²) < 4.78 is 4.72. The molecular formula is C8H18ClNO2. The Labute approximate surface area is 80.3 Å². The van der Waals surface area contributed by atoms with Crippen molar-refractivity contribution < 1.29 is 9.53 Å². The van der Waals surface area contributed by atoms with E-state index in [-0.39, 0.29) is 18.4 Å². The van der Waals surface area contributed by atoms with E-state index >= 15 is 0 Å². The van der Waals surface area contributed by atoms with Crippen molar-refractivity contribution in [2.45, 2.75) is 26.7 Å². The molecule has 0 radical (unpaired) electrons. The second kappa shape index (κ2) is 10.7. The van der Waals surface area contributed by atoms with Crippen LogP contribution in [0.15, 0.2) is 0 Å². The second-order valence-electron chi connectivity index (χ2n) is 2.34. The Kier molecular flexibility index (Phi) is 12.7. The molecule has 0 aromatic heterocycles. The van der Waals surface area contributed by atoms with Crippen LogP contribution in [0.2, 0.25) is 0 Å². The lowest BCUT2D eigenvalue weighted by Gasteiger charge is -2.02. The maximum atomic E-state index is 10.7. The number of halogens is 1. The van der Waals surface area contributed by atoms with Gasteiger partial charge in [-0.15, -0.1) is 12.4 Å². The van der Waals surface area contributed by atoms with Gasteiger partial charge >= 0.3 is 5.97 Å². The van der Waals surface area contributed by atoms with Crippen molar-refractivity contribution in [3.63, 3.8) is 0 Å². The van der Waals surface area contributed by atoms with E-state index in [1.165, 1.54) is 0 Å². The van der Waals surface area contributed by atoms with E-state index in [0.29, 0.717) is 13.2 Å². The fourth-order valence-electron chi connectivity index (χ4n) is 0.704. The highest BCUT2D eigenvalue weighted by molar-refractivity contribution is 5.85. The Bertz CT molecular complexity index is 109. The van der Waals surface area contributed by atoms with Crippen molar-refractivity contribution in [2.24, 2.45) is 0 Å². The Morgan fingerprint density at radius 3 is 2.58 bits per heavy atom. The third-order valence-corrected chi connectivity index (χ3v) is 1.28. The summed E-state index contributed by atoms with van der Waals surface area (Å²) in [5, 5.41) is 3.00. The minimum absolute atomic E-state index is 0. The molecule has 0 bridgehead atoms. The maximum absolute atomic E-state index is 10.7. The lowest BCUT2D eigenvalue weighted by Crippen LogP contribution is -2.25. The number of hydrogen-bond donors (Lipinski definition) is 1. The van der Waals surface area contributed by atoms with Crippen LogP contribution in [-0.2, 0) is 9.53 Å². The van der Waals surface area contributed by atoms with Crippen molar-refractivity contribution in [3.8, 4) is 0 Å². The van der Waals surface area contributed by atoms with Gasteiger partial charge in [-0.05, 0) is 19.9 Å². The van der Waals surface area contributed by atoms with E-state index in [1.807, 2.05) is 6.92 Å². The summed E-state index contributed by atoms with van der Waals surface area (Å²) >= 11 is 0. The largest absolute Gasteiger partial charge is 0.465 e. The average molecular weight is 196 g/mol. The minimum atomic E-state index is -0.163. The summed E-state index contributed by atoms with van der Waals surface area (Å²) in [6.45, 7) is 5.63. The van der Waals surface area contributed by atoms with Crippen LogP contribution in [0.5, 0.6) is 0 Å². The predicted molar refractivity (Wildman–Crippen MR) is 51.7 cm³/mol. The molecule has 0 aromatic rings. The number of nitrogens with one attached hydrogen (secondary N) is 1. The number of hydrogen-bond acceptors (Lipinski definition) is 3. The molecule has 0 rings (SSSR count). The van der Waals surface area contributed by atoms with Gasteiger partial charge in [0.1, 0.15) is 0 Å². The summed E-state index contributed by atoms with van der Waals surface area (Å²) in [5.74, 6) is -0.163. The predicted octanol–water partition coefficient (Wildman–Crippen LogP) is 1.36. The number of unbranched alkanes of at least 4 members (excludes halogenated alkanes) is 1. The smallest absolute Gasteiger partial charge is 0.319 e. The molecule has 1 N–H and O–H groups in total. The average Bonchev–Trinajstić information content (AvgIpc) is 1.99. The molecule has 0 spiro atoms. The van der Waals surface area contributed by atoms with E-state index < -0.39 is 0 Å². The molecule has 0 saturated heterocycles. The van der Waals surface area contributed by atoms with Gasteiger partial charge in [0.2, 0.25) is 0 Å². The third kappa shape index (κ3) is 9.72. The topological polar surface area (TPSA) is 38.3 Å². The van der Waals surface area contributed by atoms with Crippen LogP contribution < -0.4 is 5.32 Å². The lowest BCUT2D eigenvalue weighted by molar-refractivity contribution is -0.141. The van der Waals surface area contributed by atoms with E-state index in [4.69, 9.17) is 4.74 Å². The van der Waals surface area contributed by atoms with Crippen LogP contribution in [0.1, 0.15) is 26.7 Å². The molecule has 0 aliphatic rings. The first-order valence-corrected chi connectivity index (χ1v) is 4.17. The van der Waals surface area contributed by atoms with Gasteiger partial charge in [0, 0.05) is 0 Å². The quantitative estimate of drug-likeness (QED) is 0.514. The standard InChI is InChI=1S/C8H17NO2.ClH/c1-3-5-6-9-7-8(10)11-4-2;/h9H,3-7H2,1-2H3;1H. The fraction of sp³-hybridized carbons (Fsp3) is 0.875. The number of ether oxygens (including phenoxy) is 1. The molecule has 3 nitrogen and oxygen atoms in total. The second-order valence-corrected chi connectivity index (χ2v) is 2.34. The van der Waals surface area contributed by atoms with E-state index in [9.17, 15) is 4.79 Å². The number of rotatable bonds is 6. The molecule has 0 aromatic carbocycles. The molecule has 12 heavy (non-hydrogen) atoms. The Hall–Kier alpha value is -0.280. The summed E-state index contributed by atoms with van der Waals surface area (Å²) in [5.41, 5.74) is 0. The van der Waals surface area contributed by atoms with Crippen LogP contribution in [0.25, 0.3) is 0 Å². The zero-order valence-corrected chi connectivity index (χ0v) is 8.58. The van der Waals surface area contributed by atoms with Crippen molar-refractivity contribution in [2.75, 3.05) is 19.7 Å². The zero-order valence-electron chi connectivity index (χ0n) is 7.76. The highest BCUT2D eigenvalue weighted by atomic mass is 35.5. The molecule has 4 heteroatoms. The van der Waals surface area contributed by atoms with Gasteiger partial charge in [0.05, 0.1) is 13.2 Å². The summed E-state index contributed by atoms with van der Waals surface area (Å²) in [6.07, 6.45) is 2.26. The van der Waals surface area contributed by atoms with E-state index in [1.54, 1.807) is 0 Å². The van der Waals surface area contributed by atoms with Crippen molar-refractivity contribution in [1.82, 2.24) is 5.32 Å². The Balaban J connectivity index is 0. The third-order valence-electron chi connectivity index (χ3n) is 1.28. The first-order chi connectivity index (χ1) is 5.31. The molecule has 74 valence electrons. The fourth-order valence-corrected chi connectivity index (χ4v) is 0.704. The van der Waals surface area contributed by atoms with Gasteiger partial charge < -0.3 is 10.1 Å². The molecule has 0 fully saturated rings. The van der Waals surface area contributed by atoms with Crippen molar-refractivity contribution >= 4 is 18.4 Å². The van der Waals surface area contributed by atoms with Crippen molar-refractivity contribution in [3.05, 3.63) is 0 Å². The first kappa shape index (κ1) is 14.3. The molecule has 0 aliphatic carbocycles. The summed E-state index contributed by atoms with van der Waals surface area (Å²) in [6, 6.07) is 0. The van der Waals surface area contributed by atoms with Crippen molar-refractivity contribution in [1.29, 1.82) is 0 Å². The zero-order chi connectivity index (χ0) is 8.53. The SMILES string of the molecule is CCCCNCC(=O)OCC.Cl. The number of carbonyl (C=O) groups excluding carboxylic acids is 1. The van der Waals surface area contributed by atoms with Crippen LogP contribution in [0, 0.1) is 0 Å². The molecule has 0 atom stereocenters. The minimum Gasteiger partial charge on any atom is -0.465 e. The highest BCUT2D eigenvalue weighted by Gasteiger charge is 1.97. The van der Waals surface area contributed by atoms with Gasteiger partial charge in [0.15, 0.2) is 0 Å². The monoisotopic (exact) mass is 195 g/mol. The van der Waals surface area contributed by atoms with Crippen LogP contribution in [-0.4, -0.2) is 25.7 Å². The van der Waals surface area contributed by atoms with E-state index in [2.05, 4.69) is 12.2 Å². The number of carbonyl (C=O) groups is 1. The number of esters is 1. The maximum Gasteiger partial charge on any atom is 0.319 e. The summed E-state index contributed by atoms with van der Waals surface area (Å²) in [7, 11) is 0. The lowest BCUT2D eigenvalue weighted by atomic mass is 10.3. The molecular weight excluding hydrogens is 178 g/mol. The van der Waals surface area contributed by atoms with Gasteiger partial charge in [-0.2, -0.15) is 0 Å². The van der Waals surface area contributed by atoms with Crippen LogP contribution >= 0.6 is 12.4 Å². The first-order valence-electron chi connectivity index (χ1n) is 4.17. The Morgan fingerprint density at radius 2 is 2.08 bits per heavy atom. The molecule has 0 amide bonds.